The second-order valence-electron chi connectivity index (χ2n) is 3.08. The highest BCUT2D eigenvalue weighted by Crippen LogP contribution is 2.18. The van der Waals surface area contributed by atoms with Crippen molar-refractivity contribution in [2.75, 3.05) is 7.05 Å². The fourth-order valence-corrected chi connectivity index (χ4v) is 1.40. The summed E-state index contributed by atoms with van der Waals surface area (Å²) < 4.78 is 0. The van der Waals surface area contributed by atoms with Crippen molar-refractivity contribution in [2.45, 2.75) is 47.5 Å². The Morgan fingerprint density at radius 3 is 2.24 bits per heavy atom. The average Bonchev–Trinajstić information content (AvgIpc) is 2.64. The molecule has 0 saturated heterocycles. The predicted molar refractivity (Wildman–Crippen MR) is 81.1 cm³/mol. The van der Waals surface area contributed by atoms with Crippen LogP contribution >= 0.6 is 0 Å². The Morgan fingerprint density at radius 2 is 1.82 bits per heavy atom. The van der Waals surface area contributed by atoms with E-state index >= 15 is 0 Å². The van der Waals surface area contributed by atoms with E-state index in [1.807, 2.05) is 40.8 Å². The summed E-state index contributed by atoms with van der Waals surface area (Å²) in [6, 6.07) is 0. The summed E-state index contributed by atoms with van der Waals surface area (Å²) >= 11 is 0. The molecule has 0 heterocycles. The molecule has 0 aromatic carbocycles. The molecule has 17 heavy (non-hydrogen) atoms. The second-order valence-corrected chi connectivity index (χ2v) is 3.08. The lowest BCUT2D eigenvalue weighted by atomic mass is 10.1. The van der Waals surface area contributed by atoms with Gasteiger partial charge in [0.15, 0.2) is 0 Å². The zero-order valence-corrected chi connectivity index (χ0v) is 12.4. The second kappa shape index (κ2) is 12.8. The molecule has 0 amide bonds. The Balaban J connectivity index is 0. The first-order valence-electron chi connectivity index (χ1n) is 6.72. The number of likely N-dealkylation sites (N-methyl/N-ethyl adjacent to an activating group) is 1. The van der Waals surface area contributed by atoms with Crippen molar-refractivity contribution in [3.8, 4) is 0 Å². The number of nitrogens with one attached hydrogen (secondary N) is 1. The van der Waals surface area contributed by atoms with Crippen LogP contribution in [0.4, 0.5) is 0 Å². The lowest BCUT2D eigenvalue weighted by molar-refractivity contribution is 1.01. The van der Waals surface area contributed by atoms with Gasteiger partial charge in [-0.15, -0.1) is 0 Å². The van der Waals surface area contributed by atoms with Crippen LogP contribution in [0.25, 0.3) is 0 Å². The molecular weight excluding hydrogens is 206 g/mol. The molecular formula is C16H29N. The van der Waals surface area contributed by atoms with E-state index < -0.39 is 0 Å². The number of hydrogen-bond acceptors (Lipinski definition) is 1. The van der Waals surface area contributed by atoms with E-state index in [1.54, 1.807) is 0 Å². The van der Waals surface area contributed by atoms with Gasteiger partial charge in [0.25, 0.3) is 0 Å². The van der Waals surface area contributed by atoms with Crippen LogP contribution in [0.15, 0.2) is 47.7 Å². The quantitative estimate of drug-likeness (QED) is 0.726. The monoisotopic (exact) mass is 235 g/mol. The van der Waals surface area contributed by atoms with E-state index in [9.17, 15) is 0 Å². The van der Waals surface area contributed by atoms with Gasteiger partial charge in [0.1, 0.15) is 0 Å². The van der Waals surface area contributed by atoms with E-state index in [4.69, 9.17) is 0 Å². The van der Waals surface area contributed by atoms with Gasteiger partial charge in [0.05, 0.1) is 0 Å². The van der Waals surface area contributed by atoms with Crippen LogP contribution in [-0.4, -0.2) is 7.05 Å². The number of hydrogen-bond donors (Lipinski definition) is 1. The molecule has 1 N–H and O–H groups in total. The normalized spacial score (nSPS) is 13.4. The predicted octanol–water partition coefficient (Wildman–Crippen LogP) is 4.99. The first-order chi connectivity index (χ1) is 8.31. The topological polar surface area (TPSA) is 12.0 Å². The summed E-state index contributed by atoms with van der Waals surface area (Å²) in [6.45, 7) is 14.0. The van der Waals surface area contributed by atoms with E-state index in [-0.39, 0.29) is 0 Å². The van der Waals surface area contributed by atoms with Crippen LogP contribution < -0.4 is 5.32 Å². The largest absolute Gasteiger partial charge is 0.388 e. The molecule has 0 unspecified atom stereocenters. The minimum atomic E-state index is 1.04. The zero-order valence-electron chi connectivity index (χ0n) is 12.4. The third kappa shape index (κ3) is 6.83. The smallest absolute Gasteiger partial charge is 0.0407 e. The highest BCUT2D eigenvalue weighted by molar-refractivity contribution is 5.42. The van der Waals surface area contributed by atoms with E-state index in [0.29, 0.717) is 0 Å². The fourth-order valence-electron chi connectivity index (χ4n) is 1.40. The summed E-state index contributed by atoms with van der Waals surface area (Å²) in [5, 5.41) is 3.17. The highest BCUT2D eigenvalue weighted by atomic mass is 14.8. The maximum absolute atomic E-state index is 3.80. The van der Waals surface area contributed by atoms with Gasteiger partial charge in [-0.25, -0.2) is 0 Å². The lowest BCUT2D eigenvalue weighted by Crippen LogP contribution is -2.06. The number of rotatable bonds is 3. The van der Waals surface area contributed by atoms with Crippen molar-refractivity contribution < 1.29 is 0 Å². The van der Waals surface area contributed by atoms with Crippen LogP contribution in [0.5, 0.6) is 0 Å². The van der Waals surface area contributed by atoms with Crippen LogP contribution in [0.1, 0.15) is 47.5 Å². The molecule has 0 spiro atoms. The van der Waals surface area contributed by atoms with Crippen molar-refractivity contribution in [2.24, 2.45) is 0 Å². The molecule has 0 saturated carbocycles. The van der Waals surface area contributed by atoms with Crippen LogP contribution in [0.2, 0.25) is 0 Å². The Labute approximate surface area is 108 Å². The van der Waals surface area contributed by atoms with E-state index in [1.165, 1.54) is 11.1 Å². The summed E-state index contributed by atoms with van der Waals surface area (Å²) in [5.41, 5.74) is 3.81. The van der Waals surface area contributed by atoms with Crippen molar-refractivity contribution in [3.63, 3.8) is 0 Å². The minimum absolute atomic E-state index is 1.04. The van der Waals surface area contributed by atoms with Gasteiger partial charge in [-0.1, -0.05) is 65.0 Å². The molecule has 98 valence electrons. The first-order valence-corrected chi connectivity index (χ1v) is 6.72. The molecule has 1 aliphatic carbocycles. The van der Waals surface area contributed by atoms with Gasteiger partial charge in [-0.2, -0.15) is 0 Å². The molecule has 0 radical (unpaired) electrons. The average molecular weight is 235 g/mol. The molecule has 0 aromatic rings. The summed E-state index contributed by atoms with van der Waals surface area (Å²) in [5.74, 6) is 0. The standard InChI is InChI=1S/C12H17N.2C2H6/c1-4-10-6-8-11(5-2)12(13-3)9-7-10;2*1-2/h5,7-9,13H,2,4,6H2,1,3H3;2*1-2H3. The van der Waals surface area contributed by atoms with E-state index in [2.05, 4.69) is 37.0 Å². The third-order valence-corrected chi connectivity index (χ3v) is 2.32. The fraction of sp³-hybridized carbons (Fsp3) is 0.500. The molecule has 0 bridgehead atoms. The van der Waals surface area contributed by atoms with Gasteiger partial charge in [0.2, 0.25) is 0 Å². The maximum atomic E-state index is 3.80. The Bertz CT molecular complexity index is 280. The van der Waals surface area contributed by atoms with E-state index in [0.717, 1.165) is 18.5 Å². The molecule has 0 aromatic heterocycles. The molecule has 0 aliphatic heterocycles. The lowest BCUT2D eigenvalue weighted by Gasteiger charge is -2.04. The van der Waals surface area contributed by atoms with Gasteiger partial charge < -0.3 is 5.32 Å². The molecule has 0 atom stereocenters. The third-order valence-electron chi connectivity index (χ3n) is 2.32. The first kappa shape index (κ1) is 18.1. The van der Waals surface area contributed by atoms with Crippen LogP contribution in [0.3, 0.4) is 0 Å². The Kier molecular flexibility index (Phi) is 13.7. The van der Waals surface area contributed by atoms with Gasteiger partial charge in [-0.05, 0) is 24.5 Å². The molecule has 1 nitrogen and oxygen atoms in total. The zero-order chi connectivity index (χ0) is 13.7. The Morgan fingerprint density at radius 1 is 1.24 bits per heavy atom. The van der Waals surface area contributed by atoms with Gasteiger partial charge in [0, 0.05) is 12.7 Å². The maximum Gasteiger partial charge on any atom is 0.0407 e. The number of allylic oxidation sites excluding steroid dienone is 5. The van der Waals surface area contributed by atoms with Crippen molar-refractivity contribution in [1.29, 1.82) is 0 Å². The van der Waals surface area contributed by atoms with Crippen molar-refractivity contribution in [3.05, 3.63) is 47.7 Å². The van der Waals surface area contributed by atoms with Crippen LogP contribution in [-0.2, 0) is 0 Å². The van der Waals surface area contributed by atoms with Crippen molar-refractivity contribution in [1.82, 2.24) is 5.32 Å². The van der Waals surface area contributed by atoms with Crippen molar-refractivity contribution >= 4 is 0 Å². The Hall–Kier alpha value is -1.24. The highest BCUT2D eigenvalue weighted by Gasteiger charge is 2.02. The summed E-state index contributed by atoms with van der Waals surface area (Å²) in [4.78, 5) is 0. The van der Waals surface area contributed by atoms with Crippen LogP contribution in [0, 0.1) is 0 Å². The molecule has 1 aliphatic rings. The molecule has 1 heteroatoms. The SMILES string of the molecule is C=CC1=CCC(CC)=CC=C1NC.CC.CC. The van der Waals surface area contributed by atoms with Gasteiger partial charge in [-0.3, -0.25) is 0 Å². The van der Waals surface area contributed by atoms with Gasteiger partial charge >= 0.3 is 0 Å². The summed E-state index contributed by atoms with van der Waals surface area (Å²) in [7, 11) is 1.94. The minimum Gasteiger partial charge on any atom is -0.388 e. The molecule has 0 fully saturated rings. The summed E-state index contributed by atoms with van der Waals surface area (Å²) in [6.07, 6.45) is 10.6. The molecule has 1 rings (SSSR count).